The topological polar surface area (TPSA) is 49.2 Å². The summed E-state index contributed by atoms with van der Waals surface area (Å²) >= 11 is 5.96. The maximum absolute atomic E-state index is 9.33. The molecular weight excluding hydrogens is 226 g/mol. The van der Waals surface area contributed by atoms with Gasteiger partial charge in [-0.1, -0.05) is 11.6 Å². The average Bonchev–Trinajstić information content (AvgIpc) is 2.29. The molecule has 0 saturated carbocycles. The summed E-state index contributed by atoms with van der Waals surface area (Å²) in [5.41, 5.74) is 0.637. The third-order valence-electron chi connectivity index (χ3n) is 3.10. The maximum atomic E-state index is 9.33. The highest BCUT2D eigenvalue weighted by molar-refractivity contribution is 6.30. The Morgan fingerprint density at radius 2 is 2.31 bits per heavy atom. The van der Waals surface area contributed by atoms with E-state index < -0.39 is 0 Å². The van der Waals surface area contributed by atoms with Gasteiger partial charge in [0.05, 0.1) is 12.2 Å². The van der Waals surface area contributed by atoms with E-state index in [2.05, 4.69) is 21.8 Å². The van der Waals surface area contributed by atoms with Crippen LogP contribution in [0, 0.1) is 0 Å². The highest BCUT2D eigenvalue weighted by Crippen LogP contribution is 2.28. The number of hydrogen-bond donors (Lipinski definition) is 1. The highest BCUT2D eigenvalue weighted by atomic mass is 35.5. The first-order chi connectivity index (χ1) is 7.74. The second kappa shape index (κ2) is 4.97. The molecule has 1 fully saturated rings. The van der Waals surface area contributed by atoms with Crippen molar-refractivity contribution in [1.29, 1.82) is 0 Å². The molecule has 0 amide bonds. The first-order valence-electron chi connectivity index (χ1n) is 5.61. The number of hydrogen-bond acceptors (Lipinski definition) is 4. The van der Waals surface area contributed by atoms with Gasteiger partial charge in [-0.2, -0.15) is 0 Å². The standard InChI is InChI=1S/C11H16ClN3O/c1-8-4-2-3-5-15(8)11-9(6-16)10(12)13-7-14-11/h7-8,16H,2-6H2,1H3. The Labute approximate surface area is 100 Å². The summed E-state index contributed by atoms with van der Waals surface area (Å²) in [6.45, 7) is 3.04. The van der Waals surface area contributed by atoms with Crippen molar-refractivity contribution in [3.8, 4) is 0 Å². The Morgan fingerprint density at radius 1 is 1.50 bits per heavy atom. The molecule has 1 N–H and O–H groups in total. The van der Waals surface area contributed by atoms with Gasteiger partial charge in [0, 0.05) is 12.6 Å². The third-order valence-corrected chi connectivity index (χ3v) is 3.43. The van der Waals surface area contributed by atoms with E-state index in [0.29, 0.717) is 16.8 Å². The van der Waals surface area contributed by atoms with Crippen molar-refractivity contribution < 1.29 is 5.11 Å². The number of halogens is 1. The Balaban J connectivity index is 2.34. The van der Waals surface area contributed by atoms with Gasteiger partial charge in [-0.3, -0.25) is 0 Å². The zero-order valence-corrected chi connectivity index (χ0v) is 10.1. The number of anilines is 1. The van der Waals surface area contributed by atoms with Crippen LogP contribution in [0.25, 0.3) is 0 Å². The first kappa shape index (κ1) is 11.6. The van der Waals surface area contributed by atoms with E-state index >= 15 is 0 Å². The van der Waals surface area contributed by atoms with E-state index in [9.17, 15) is 5.11 Å². The smallest absolute Gasteiger partial charge is 0.140 e. The van der Waals surface area contributed by atoms with Crippen molar-refractivity contribution in [2.24, 2.45) is 0 Å². The molecule has 1 saturated heterocycles. The molecule has 0 aliphatic carbocycles. The first-order valence-corrected chi connectivity index (χ1v) is 5.98. The van der Waals surface area contributed by atoms with Gasteiger partial charge in [0.25, 0.3) is 0 Å². The Bertz CT molecular complexity index is 372. The zero-order valence-electron chi connectivity index (χ0n) is 9.36. The number of aliphatic hydroxyl groups excluding tert-OH is 1. The number of aliphatic hydroxyl groups is 1. The molecule has 1 unspecified atom stereocenters. The number of aromatic nitrogens is 2. The van der Waals surface area contributed by atoms with Crippen LogP contribution in [0.4, 0.5) is 5.82 Å². The van der Waals surface area contributed by atoms with Gasteiger partial charge < -0.3 is 10.0 Å². The van der Waals surface area contributed by atoms with Crippen molar-refractivity contribution in [3.05, 3.63) is 17.0 Å². The molecular formula is C11H16ClN3O. The van der Waals surface area contributed by atoms with Crippen LogP contribution in [0.3, 0.4) is 0 Å². The molecule has 1 aromatic rings. The number of rotatable bonds is 2. The summed E-state index contributed by atoms with van der Waals surface area (Å²) < 4.78 is 0. The van der Waals surface area contributed by atoms with Crippen molar-refractivity contribution in [2.75, 3.05) is 11.4 Å². The summed E-state index contributed by atoms with van der Waals surface area (Å²) in [5.74, 6) is 0.787. The van der Waals surface area contributed by atoms with Crippen LogP contribution in [-0.4, -0.2) is 27.7 Å². The predicted octanol–water partition coefficient (Wildman–Crippen LogP) is 2.00. The van der Waals surface area contributed by atoms with E-state index in [1.165, 1.54) is 12.7 Å². The van der Waals surface area contributed by atoms with Crippen molar-refractivity contribution >= 4 is 17.4 Å². The Morgan fingerprint density at radius 3 is 3.00 bits per heavy atom. The molecule has 88 valence electrons. The fourth-order valence-corrected chi connectivity index (χ4v) is 2.37. The molecule has 0 bridgehead atoms. The van der Waals surface area contributed by atoms with Crippen LogP contribution in [0.2, 0.25) is 5.15 Å². The third kappa shape index (κ3) is 2.13. The fourth-order valence-electron chi connectivity index (χ4n) is 2.18. The lowest BCUT2D eigenvalue weighted by molar-refractivity contribution is 0.280. The van der Waals surface area contributed by atoms with Crippen LogP contribution < -0.4 is 4.90 Å². The van der Waals surface area contributed by atoms with Crippen LogP contribution in [0.5, 0.6) is 0 Å². The van der Waals surface area contributed by atoms with Crippen LogP contribution in [0.15, 0.2) is 6.33 Å². The molecule has 5 heteroatoms. The lowest BCUT2D eigenvalue weighted by Crippen LogP contribution is -2.38. The monoisotopic (exact) mass is 241 g/mol. The lowest BCUT2D eigenvalue weighted by atomic mass is 10.0. The van der Waals surface area contributed by atoms with Crippen LogP contribution in [0.1, 0.15) is 31.7 Å². The van der Waals surface area contributed by atoms with Gasteiger partial charge in [-0.05, 0) is 26.2 Å². The molecule has 16 heavy (non-hydrogen) atoms. The summed E-state index contributed by atoms with van der Waals surface area (Å²) in [7, 11) is 0. The molecule has 0 spiro atoms. The molecule has 4 nitrogen and oxygen atoms in total. The van der Waals surface area contributed by atoms with Crippen LogP contribution in [-0.2, 0) is 6.61 Å². The maximum Gasteiger partial charge on any atom is 0.140 e. The summed E-state index contributed by atoms with van der Waals surface area (Å²) in [6, 6.07) is 0.449. The van der Waals surface area contributed by atoms with Crippen molar-refractivity contribution in [1.82, 2.24) is 9.97 Å². The molecule has 2 heterocycles. The van der Waals surface area contributed by atoms with E-state index in [1.807, 2.05) is 0 Å². The SMILES string of the molecule is CC1CCCCN1c1ncnc(Cl)c1CO. The summed E-state index contributed by atoms with van der Waals surface area (Å²) in [6.07, 6.45) is 5.03. The highest BCUT2D eigenvalue weighted by Gasteiger charge is 2.23. The average molecular weight is 242 g/mol. The van der Waals surface area contributed by atoms with Gasteiger partial charge in [-0.15, -0.1) is 0 Å². The molecule has 0 aromatic carbocycles. The van der Waals surface area contributed by atoms with E-state index in [-0.39, 0.29) is 6.61 Å². The van der Waals surface area contributed by atoms with Gasteiger partial charge in [0.2, 0.25) is 0 Å². The Kier molecular flexibility index (Phi) is 3.61. The quantitative estimate of drug-likeness (QED) is 0.805. The summed E-state index contributed by atoms with van der Waals surface area (Å²) in [5, 5.41) is 9.68. The van der Waals surface area contributed by atoms with Crippen molar-refractivity contribution in [3.63, 3.8) is 0 Å². The zero-order chi connectivity index (χ0) is 11.5. The minimum Gasteiger partial charge on any atom is -0.391 e. The molecule has 1 aliphatic heterocycles. The fraction of sp³-hybridized carbons (Fsp3) is 0.636. The number of nitrogens with zero attached hydrogens (tertiary/aromatic N) is 3. The normalized spacial score (nSPS) is 21.2. The minimum absolute atomic E-state index is 0.113. The minimum atomic E-state index is -0.113. The number of piperidine rings is 1. The van der Waals surface area contributed by atoms with Gasteiger partial charge in [0.1, 0.15) is 17.3 Å². The molecule has 1 aromatic heterocycles. The van der Waals surface area contributed by atoms with E-state index in [0.717, 1.165) is 25.2 Å². The predicted molar refractivity (Wildman–Crippen MR) is 63.6 cm³/mol. The second-order valence-electron chi connectivity index (χ2n) is 4.16. The summed E-state index contributed by atoms with van der Waals surface area (Å²) in [4.78, 5) is 10.4. The lowest BCUT2D eigenvalue weighted by Gasteiger charge is -2.35. The molecule has 2 rings (SSSR count). The largest absolute Gasteiger partial charge is 0.391 e. The molecule has 0 radical (unpaired) electrons. The Hall–Kier alpha value is -0.870. The molecule has 1 aliphatic rings. The van der Waals surface area contributed by atoms with Gasteiger partial charge in [-0.25, -0.2) is 9.97 Å². The van der Waals surface area contributed by atoms with Crippen molar-refractivity contribution in [2.45, 2.75) is 38.8 Å². The van der Waals surface area contributed by atoms with E-state index in [1.54, 1.807) is 0 Å². The van der Waals surface area contributed by atoms with Crippen LogP contribution >= 0.6 is 11.6 Å². The van der Waals surface area contributed by atoms with Gasteiger partial charge in [0.15, 0.2) is 0 Å². The molecule has 1 atom stereocenters. The second-order valence-corrected chi connectivity index (χ2v) is 4.52. The van der Waals surface area contributed by atoms with Gasteiger partial charge >= 0.3 is 0 Å². The van der Waals surface area contributed by atoms with E-state index in [4.69, 9.17) is 11.6 Å².